The average molecular weight is 342 g/mol. The molecule has 0 amide bonds. The molecule has 0 heterocycles. The minimum absolute atomic E-state index is 0. The summed E-state index contributed by atoms with van der Waals surface area (Å²) in [5, 5.41) is 3.19. The molecule has 5 heteroatoms. The fourth-order valence-corrected chi connectivity index (χ4v) is 3.10. The van der Waals surface area contributed by atoms with E-state index in [1.165, 1.54) is 0 Å². The van der Waals surface area contributed by atoms with Crippen molar-refractivity contribution in [3.63, 3.8) is 0 Å². The monoisotopic (exact) mass is 341 g/mol. The second-order valence-corrected chi connectivity index (χ2v) is 5.76. The van der Waals surface area contributed by atoms with Gasteiger partial charge in [-0.25, -0.2) is 0 Å². The van der Waals surface area contributed by atoms with Gasteiger partial charge >= 0.3 is 5.97 Å². The van der Waals surface area contributed by atoms with Gasteiger partial charge in [0.25, 0.3) is 0 Å². The van der Waals surface area contributed by atoms with Crippen LogP contribution in [0.15, 0.2) is 30.3 Å². The maximum absolute atomic E-state index is 12.6. The Morgan fingerprint density at radius 2 is 1.83 bits per heavy atom. The van der Waals surface area contributed by atoms with E-state index in [1.807, 2.05) is 30.3 Å². The zero-order chi connectivity index (χ0) is 15.7. The zero-order valence-corrected chi connectivity index (χ0v) is 14.7. The van der Waals surface area contributed by atoms with Crippen LogP contribution in [0, 0.1) is 0 Å². The molecule has 0 bridgehead atoms. The van der Waals surface area contributed by atoms with Gasteiger partial charge in [-0.2, -0.15) is 0 Å². The van der Waals surface area contributed by atoms with Crippen molar-refractivity contribution in [3.05, 3.63) is 35.9 Å². The van der Waals surface area contributed by atoms with Crippen molar-refractivity contribution < 1.29 is 14.3 Å². The number of halogens is 1. The molecule has 1 N–H and O–H groups in total. The lowest BCUT2D eigenvalue weighted by atomic mass is 9.79. The van der Waals surface area contributed by atoms with Gasteiger partial charge in [0.15, 0.2) is 0 Å². The fraction of sp³-hybridized carbons (Fsp3) is 0.611. The molecule has 1 fully saturated rings. The van der Waals surface area contributed by atoms with Crippen LogP contribution in [-0.2, 0) is 19.7 Å². The highest BCUT2D eigenvalue weighted by Crippen LogP contribution is 2.42. The number of likely N-dealkylation sites (N-methyl/N-ethyl adjacent to an activating group) is 1. The third kappa shape index (κ3) is 5.48. The topological polar surface area (TPSA) is 47.6 Å². The van der Waals surface area contributed by atoms with E-state index in [0.717, 1.165) is 44.3 Å². The third-order valence-electron chi connectivity index (χ3n) is 4.31. The molecule has 0 radical (unpaired) electrons. The Morgan fingerprint density at radius 1 is 1.13 bits per heavy atom. The van der Waals surface area contributed by atoms with E-state index in [9.17, 15) is 4.79 Å². The number of rotatable bonds is 9. The average Bonchev–Trinajstić information content (AvgIpc) is 3.06. The zero-order valence-electron chi connectivity index (χ0n) is 13.9. The number of esters is 1. The molecular weight excluding hydrogens is 314 g/mol. The Kier molecular flexibility index (Phi) is 9.22. The van der Waals surface area contributed by atoms with Crippen molar-refractivity contribution in [3.8, 4) is 0 Å². The number of ether oxygens (including phenoxy) is 2. The highest BCUT2D eigenvalue weighted by atomic mass is 35.5. The third-order valence-corrected chi connectivity index (χ3v) is 4.31. The van der Waals surface area contributed by atoms with Gasteiger partial charge in [-0.3, -0.25) is 4.79 Å². The number of carbonyl (C=O) groups is 1. The van der Waals surface area contributed by atoms with E-state index < -0.39 is 5.41 Å². The summed E-state index contributed by atoms with van der Waals surface area (Å²) < 4.78 is 11.0. The van der Waals surface area contributed by atoms with E-state index in [0.29, 0.717) is 19.8 Å². The van der Waals surface area contributed by atoms with Crippen LogP contribution < -0.4 is 5.32 Å². The minimum atomic E-state index is -0.439. The van der Waals surface area contributed by atoms with Crippen molar-refractivity contribution in [2.45, 2.75) is 38.0 Å². The van der Waals surface area contributed by atoms with Crippen LogP contribution in [-0.4, -0.2) is 38.9 Å². The number of benzene rings is 1. The van der Waals surface area contributed by atoms with E-state index in [1.54, 1.807) is 0 Å². The van der Waals surface area contributed by atoms with Gasteiger partial charge in [0.2, 0.25) is 0 Å². The number of nitrogens with one attached hydrogen (secondary N) is 1. The first-order chi connectivity index (χ1) is 10.8. The lowest BCUT2D eigenvalue weighted by molar-refractivity contribution is -0.152. The predicted molar refractivity (Wildman–Crippen MR) is 94.2 cm³/mol. The van der Waals surface area contributed by atoms with Crippen LogP contribution in [0.25, 0.3) is 0 Å². The molecular formula is C18H28ClNO3. The molecule has 130 valence electrons. The summed E-state index contributed by atoms with van der Waals surface area (Å²) in [7, 11) is 0. The van der Waals surface area contributed by atoms with Crippen LogP contribution >= 0.6 is 12.4 Å². The van der Waals surface area contributed by atoms with Gasteiger partial charge in [0.1, 0.15) is 6.61 Å². The molecule has 0 saturated heterocycles. The second-order valence-electron chi connectivity index (χ2n) is 5.76. The van der Waals surface area contributed by atoms with E-state index in [-0.39, 0.29) is 18.4 Å². The molecule has 1 aliphatic rings. The first-order valence-electron chi connectivity index (χ1n) is 8.31. The Hall–Kier alpha value is -1.10. The van der Waals surface area contributed by atoms with Crippen LogP contribution in [0.4, 0.5) is 0 Å². The number of hydrogen-bond donors (Lipinski definition) is 1. The molecule has 23 heavy (non-hydrogen) atoms. The van der Waals surface area contributed by atoms with Crippen LogP contribution in [0.2, 0.25) is 0 Å². The molecule has 0 aliphatic heterocycles. The maximum atomic E-state index is 12.6. The molecule has 1 saturated carbocycles. The van der Waals surface area contributed by atoms with Crippen molar-refractivity contribution in [2.24, 2.45) is 0 Å². The summed E-state index contributed by atoms with van der Waals surface area (Å²) in [6.45, 7) is 5.28. The summed E-state index contributed by atoms with van der Waals surface area (Å²) in [5.41, 5.74) is 0.649. The highest BCUT2D eigenvalue weighted by Gasteiger charge is 2.43. The van der Waals surface area contributed by atoms with Gasteiger partial charge in [-0.05, 0) is 24.9 Å². The van der Waals surface area contributed by atoms with E-state index in [2.05, 4.69) is 12.2 Å². The first kappa shape index (κ1) is 19.9. The number of hydrogen-bond acceptors (Lipinski definition) is 4. The fourth-order valence-electron chi connectivity index (χ4n) is 3.10. The maximum Gasteiger partial charge on any atom is 0.316 e. The lowest BCUT2D eigenvalue weighted by Crippen LogP contribution is -2.35. The highest BCUT2D eigenvalue weighted by molar-refractivity contribution is 5.85. The Morgan fingerprint density at radius 3 is 2.48 bits per heavy atom. The van der Waals surface area contributed by atoms with Crippen molar-refractivity contribution in [1.82, 2.24) is 5.32 Å². The Balaban J connectivity index is 0.00000264. The lowest BCUT2D eigenvalue weighted by Gasteiger charge is -2.27. The van der Waals surface area contributed by atoms with Crippen LogP contribution in [0.3, 0.4) is 0 Å². The summed E-state index contributed by atoms with van der Waals surface area (Å²) in [6.07, 6.45) is 3.95. The largest absolute Gasteiger partial charge is 0.463 e. The number of carbonyl (C=O) groups excluding carboxylic acids is 1. The SMILES string of the molecule is CCNCCOCCOC(=O)C1(c2ccccc2)CCCC1.Cl. The van der Waals surface area contributed by atoms with Gasteiger partial charge < -0.3 is 14.8 Å². The van der Waals surface area contributed by atoms with Gasteiger partial charge in [0, 0.05) is 6.54 Å². The standard InChI is InChI=1S/C18H27NO3.ClH/c1-2-19-12-13-21-14-15-22-17(20)18(10-6-7-11-18)16-8-4-3-5-9-16;/h3-5,8-9,19H,2,6-7,10-15H2,1H3;1H. The summed E-state index contributed by atoms with van der Waals surface area (Å²) in [4.78, 5) is 12.6. The second kappa shape index (κ2) is 10.6. The first-order valence-corrected chi connectivity index (χ1v) is 8.31. The van der Waals surface area contributed by atoms with Crippen LogP contribution in [0.1, 0.15) is 38.2 Å². The molecule has 0 unspecified atom stereocenters. The molecule has 0 atom stereocenters. The minimum Gasteiger partial charge on any atom is -0.463 e. The summed E-state index contributed by atoms with van der Waals surface area (Å²) in [5.74, 6) is -0.0912. The Bertz CT molecular complexity index is 447. The van der Waals surface area contributed by atoms with Crippen LogP contribution in [0.5, 0.6) is 0 Å². The molecule has 0 spiro atoms. The quantitative estimate of drug-likeness (QED) is 0.554. The molecule has 0 aromatic heterocycles. The van der Waals surface area contributed by atoms with Crippen molar-refractivity contribution >= 4 is 18.4 Å². The molecule has 2 rings (SSSR count). The Labute approximate surface area is 145 Å². The van der Waals surface area contributed by atoms with E-state index >= 15 is 0 Å². The summed E-state index contributed by atoms with van der Waals surface area (Å²) >= 11 is 0. The molecule has 4 nitrogen and oxygen atoms in total. The summed E-state index contributed by atoms with van der Waals surface area (Å²) in [6, 6.07) is 10.0. The molecule has 1 aliphatic carbocycles. The van der Waals surface area contributed by atoms with Gasteiger partial charge in [-0.15, -0.1) is 12.4 Å². The van der Waals surface area contributed by atoms with Crippen molar-refractivity contribution in [1.29, 1.82) is 0 Å². The van der Waals surface area contributed by atoms with Crippen molar-refractivity contribution in [2.75, 3.05) is 32.9 Å². The predicted octanol–water partition coefficient (Wildman–Crippen LogP) is 3.09. The smallest absolute Gasteiger partial charge is 0.316 e. The normalized spacial score (nSPS) is 15.9. The molecule has 1 aromatic rings. The van der Waals surface area contributed by atoms with Gasteiger partial charge in [0.05, 0.1) is 18.6 Å². The molecule has 1 aromatic carbocycles. The van der Waals surface area contributed by atoms with E-state index in [4.69, 9.17) is 9.47 Å². The van der Waals surface area contributed by atoms with Gasteiger partial charge in [-0.1, -0.05) is 50.1 Å².